The summed E-state index contributed by atoms with van der Waals surface area (Å²) in [6, 6.07) is 8.36. The van der Waals surface area contributed by atoms with Gasteiger partial charge in [-0.3, -0.25) is 4.90 Å². The third-order valence-corrected chi connectivity index (χ3v) is 6.69. The van der Waals surface area contributed by atoms with E-state index in [0.29, 0.717) is 12.5 Å². The van der Waals surface area contributed by atoms with Crippen molar-refractivity contribution in [3.05, 3.63) is 30.0 Å². The molecule has 1 aromatic carbocycles. The minimum absolute atomic E-state index is 0.0162. The van der Waals surface area contributed by atoms with E-state index in [1.807, 2.05) is 31.7 Å². The molecule has 2 atom stereocenters. The molecule has 1 N–H and O–H groups in total. The van der Waals surface area contributed by atoms with Gasteiger partial charge in [0.25, 0.3) is 0 Å². The fraction of sp³-hybridized carbons (Fsp3) is 0.625. The molecular weight excluding hydrogens is 391 g/mol. The number of hydrogen-bond donors (Lipinski definition) is 1. The molecule has 4 rings (SSSR count). The third-order valence-electron chi connectivity index (χ3n) is 6.69. The number of carbonyl (C=O) groups excluding carboxylic acids is 1. The minimum atomic E-state index is -0.508. The molecule has 0 spiro atoms. The predicted octanol–water partition coefficient (Wildman–Crippen LogP) is 4.79. The molecule has 0 aliphatic carbocycles. The van der Waals surface area contributed by atoms with E-state index < -0.39 is 12.7 Å². The maximum atomic E-state index is 12.8. The second-order valence-electron chi connectivity index (χ2n) is 11.1. The normalized spacial score (nSPS) is 25.4. The highest BCUT2D eigenvalue weighted by Crippen LogP contribution is 2.38. The fourth-order valence-corrected chi connectivity index (χ4v) is 4.34. The van der Waals surface area contributed by atoms with Gasteiger partial charge in [-0.1, -0.05) is 19.1 Å². The van der Waals surface area contributed by atoms with E-state index in [-0.39, 0.29) is 23.3 Å². The van der Waals surface area contributed by atoms with Crippen LogP contribution in [0.4, 0.5) is 4.79 Å². The number of aromatic amines is 1. The highest BCUT2D eigenvalue weighted by molar-refractivity contribution is 6.62. The average Bonchev–Trinajstić information content (AvgIpc) is 3.26. The first kappa shape index (κ1) is 22.2. The monoisotopic (exact) mass is 426 g/mol. The van der Waals surface area contributed by atoms with Crippen LogP contribution in [0.2, 0.25) is 0 Å². The Bertz CT molecular complexity index is 975. The van der Waals surface area contributed by atoms with Crippen molar-refractivity contribution < 1.29 is 18.8 Å². The van der Waals surface area contributed by atoms with Gasteiger partial charge in [-0.2, -0.15) is 0 Å². The fourth-order valence-electron chi connectivity index (χ4n) is 4.34. The first-order valence-corrected chi connectivity index (χ1v) is 11.2. The van der Waals surface area contributed by atoms with Gasteiger partial charge in [0.1, 0.15) is 5.60 Å². The number of amides is 1. The number of hydrogen-bond acceptors (Lipinski definition) is 4. The lowest BCUT2D eigenvalue weighted by Crippen LogP contribution is -2.41. The molecule has 2 aliphatic rings. The van der Waals surface area contributed by atoms with Crippen LogP contribution in [0.15, 0.2) is 24.3 Å². The number of carbonyl (C=O) groups is 1. The molecule has 0 saturated carbocycles. The zero-order valence-corrected chi connectivity index (χ0v) is 20.0. The SMILES string of the molecule is C[C@@H]1C[C@@H](c2cc3cc(B4OC(C)(C)C(C)(C)O4)ccc3[nH]2)N(C(=O)OC(C)(C)C)C1. The van der Waals surface area contributed by atoms with Crippen LogP contribution in [-0.2, 0) is 14.0 Å². The van der Waals surface area contributed by atoms with E-state index in [1.54, 1.807) is 0 Å². The number of benzene rings is 1. The van der Waals surface area contributed by atoms with Gasteiger partial charge in [0.05, 0.1) is 17.2 Å². The zero-order chi connectivity index (χ0) is 22.8. The van der Waals surface area contributed by atoms with Gasteiger partial charge >= 0.3 is 13.2 Å². The van der Waals surface area contributed by atoms with Gasteiger partial charge < -0.3 is 19.0 Å². The van der Waals surface area contributed by atoms with Gasteiger partial charge in [0.2, 0.25) is 0 Å². The van der Waals surface area contributed by atoms with Crippen molar-refractivity contribution in [1.29, 1.82) is 0 Å². The Kier molecular flexibility index (Phi) is 5.21. The summed E-state index contributed by atoms with van der Waals surface area (Å²) in [5.74, 6) is 0.421. The van der Waals surface area contributed by atoms with Crippen LogP contribution >= 0.6 is 0 Å². The first-order valence-electron chi connectivity index (χ1n) is 11.2. The maximum Gasteiger partial charge on any atom is 0.494 e. The second kappa shape index (κ2) is 7.27. The van der Waals surface area contributed by atoms with E-state index in [0.717, 1.165) is 28.5 Å². The molecule has 7 heteroatoms. The number of H-pyrrole nitrogens is 1. The molecule has 2 fully saturated rings. The Balaban J connectivity index is 1.60. The van der Waals surface area contributed by atoms with Crippen molar-refractivity contribution in [3.63, 3.8) is 0 Å². The highest BCUT2D eigenvalue weighted by atomic mass is 16.7. The van der Waals surface area contributed by atoms with Crippen LogP contribution in [-0.4, -0.2) is 46.4 Å². The van der Waals surface area contributed by atoms with Gasteiger partial charge in [-0.15, -0.1) is 0 Å². The van der Waals surface area contributed by atoms with Crippen LogP contribution < -0.4 is 5.46 Å². The Morgan fingerprint density at radius 3 is 2.42 bits per heavy atom. The number of nitrogens with zero attached hydrogens (tertiary/aromatic N) is 1. The molecule has 6 nitrogen and oxygen atoms in total. The predicted molar refractivity (Wildman–Crippen MR) is 123 cm³/mol. The Morgan fingerprint density at radius 1 is 1.16 bits per heavy atom. The number of fused-ring (bicyclic) bond motifs is 1. The number of nitrogens with one attached hydrogen (secondary N) is 1. The smallest absolute Gasteiger partial charge is 0.444 e. The molecule has 2 aromatic rings. The van der Waals surface area contributed by atoms with Crippen molar-refractivity contribution in [2.75, 3.05) is 6.54 Å². The Morgan fingerprint density at radius 2 is 1.81 bits per heavy atom. The van der Waals surface area contributed by atoms with Crippen LogP contribution in [0, 0.1) is 5.92 Å². The van der Waals surface area contributed by atoms with Crippen molar-refractivity contribution in [2.24, 2.45) is 5.92 Å². The number of rotatable bonds is 2. The molecule has 0 bridgehead atoms. The number of ether oxygens (including phenoxy) is 1. The standard InChI is InChI=1S/C24H35BN2O4/c1-15-11-20(27(14-15)21(28)29-22(2,3)4)19-13-16-12-17(9-10-18(16)26-19)25-30-23(5,6)24(7,8)31-25/h9-10,12-13,15,20,26H,11,14H2,1-8H3/t15-,20+/m1/s1. The topological polar surface area (TPSA) is 63.8 Å². The number of likely N-dealkylation sites (tertiary alicyclic amines) is 1. The Hall–Kier alpha value is -1.99. The van der Waals surface area contributed by atoms with Gasteiger partial charge in [-0.05, 0) is 83.8 Å². The molecule has 1 aromatic heterocycles. The lowest BCUT2D eigenvalue weighted by molar-refractivity contribution is 0.00578. The molecule has 2 saturated heterocycles. The lowest BCUT2D eigenvalue weighted by Gasteiger charge is -2.32. The van der Waals surface area contributed by atoms with Crippen molar-refractivity contribution in [1.82, 2.24) is 9.88 Å². The average molecular weight is 426 g/mol. The highest BCUT2D eigenvalue weighted by Gasteiger charge is 2.51. The van der Waals surface area contributed by atoms with Crippen molar-refractivity contribution in [3.8, 4) is 0 Å². The molecule has 31 heavy (non-hydrogen) atoms. The Labute approximate surface area is 185 Å². The summed E-state index contributed by atoms with van der Waals surface area (Å²) < 4.78 is 18.1. The van der Waals surface area contributed by atoms with Crippen LogP contribution in [0.25, 0.3) is 10.9 Å². The van der Waals surface area contributed by atoms with E-state index >= 15 is 0 Å². The first-order chi connectivity index (χ1) is 14.3. The van der Waals surface area contributed by atoms with E-state index in [2.05, 4.69) is 57.8 Å². The quantitative estimate of drug-likeness (QED) is 0.702. The van der Waals surface area contributed by atoms with Crippen LogP contribution in [0.5, 0.6) is 0 Å². The summed E-state index contributed by atoms with van der Waals surface area (Å²) in [6.45, 7) is 16.8. The molecule has 0 unspecified atom stereocenters. The third kappa shape index (κ3) is 4.22. The summed E-state index contributed by atoms with van der Waals surface area (Å²) >= 11 is 0. The summed E-state index contributed by atoms with van der Waals surface area (Å²) in [5.41, 5.74) is 1.83. The lowest BCUT2D eigenvalue weighted by atomic mass is 9.78. The molecular formula is C24H35BN2O4. The van der Waals surface area contributed by atoms with Crippen molar-refractivity contribution in [2.45, 2.75) is 84.7 Å². The van der Waals surface area contributed by atoms with Crippen LogP contribution in [0.3, 0.4) is 0 Å². The molecule has 2 aliphatic heterocycles. The molecule has 3 heterocycles. The van der Waals surface area contributed by atoms with Crippen LogP contribution in [0.1, 0.15) is 73.5 Å². The molecule has 168 valence electrons. The van der Waals surface area contributed by atoms with E-state index in [9.17, 15) is 4.79 Å². The summed E-state index contributed by atoms with van der Waals surface area (Å²) in [7, 11) is -0.391. The van der Waals surface area contributed by atoms with E-state index in [1.165, 1.54) is 0 Å². The maximum absolute atomic E-state index is 12.8. The van der Waals surface area contributed by atoms with E-state index in [4.69, 9.17) is 14.0 Å². The van der Waals surface area contributed by atoms with Crippen molar-refractivity contribution >= 4 is 29.6 Å². The molecule has 1 amide bonds. The summed E-state index contributed by atoms with van der Waals surface area (Å²) in [5, 5.41) is 1.09. The minimum Gasteiger partial charge on any atom is -0.444 e. The second-order valence-corrected chi connectivity index (χ2v) is 11.1. The zero-order valence-electron chi connectivity index (χ0n) is 20.0. The van der Waals surface area contributed by atoms with Gasteiger partial charge in [0, 0.05) is 17.8 Å². The largest absolute Gasteiger partial charge is 0.494 e. The summed E-state index contributed by atoms with van der Waals surface area (Å²) in [6.07, 6.45) is 0.661. The molecule has 0 radical (unpaired) electrons. The number of aromatic nitrogens is 1. The van der Waals surface area contributed by atoms with Gasteiger partial charge in [0.15, 0.2) is 0 Å². The summed E-state index contributed by atoms with van der Waals surface area (Å²) in [4.78, 5) is 18.2. The van der Waals surface area contributed by atoms with Gasteiger partial charge in [-0.25, -0.2) is 4.79 Å².